The van der Waals surface area contributed by atoms with E-state index in [1.54, 1.807) is 0 Å². The highest BCUT2D eigenvalue weighted by Gasteiger charge is 2.04. The van der Waals surface area contributed by atoms with Gasteiger partial charge in [-0.1, -0.05) is 38.1 Å². The van der Waals surface area contributed by atoms with Crippen molar-refractivity contribution in [3.8, 4) is 0 Å². The number of aryl methyl sites for hydroxylation is 2. The van der Waals surface area contributed by atoms with Crippen molar-refractivity contribution in [2.75, 3.05) is 5.32 Å². The Labute approximate surface area is 112 Å². The number of benzene rings is 1. The van der Waals surface area contributed by atoms with E-state index in [1.165, 1.54) is 22.7 Å². The van der Waals surface area contributed by atoms with Crippen LogP contribution in [0, 0.1) is 0 Å². The molecule has 0 saturated carbocycles. The lowest BCUT2D eigenvalue weighted by molar-refractivity contribution is 0.861. The van der Waals surface area contributed by atoms with Gasteiger partial charge in [0.1, 0.15) is 5.82 Å². The van der Waals surface area contributed by atoms with E-state index in [9.17, 15) is 0 Å². The molecular formula is C14H19N3S. The van der Waals surface area contributed by atoms with Crippen molar-refractivity contribution in [3.63, 3.8) is 0 Å². The van der Waals surface area contributed by atoms with Crippen molar-refractivity contribution in [1.29, 1.82) is 0 Å². The Kier molecular flexibility index (Phi) is 4.70. The van der Waals surface area contributed by atoms with Crippen LogP contribution in [0.2, 0.25) is 0 Å². The van der Waals surface area contributed by atoms with Gasteiger partial charge in [0.2, 0.25) is 5.13 Å². The van der Waals surface area contributed by atoms with Crippen molar-refractivity contribution < 1.29 is 0 Å². The van der Waals surface area contributed by atoms with Crippen LogP contribution in [0.3, 0.4) is 0 Å². The summed E-state index contributed by atoms with van der Waals surface area (Å²) in [5, 5.41) is 4.28. The van der Waals surface area contributed by atoms with Crippen molar-refractivity contribution in [3.05, 3.63) is 41.2 Å². The molecule has 96 valence electrons. The van der Waals surface area contributed by atoms with E-state index in [2.05, 4.69) is 52.8 Å². The third kappa shape index (κ3) is 3.29. The number of hydrogen-bond acceptors (Lipinski definition) is 4. The second-order valence-corrected chi connectivity index (χ2v) is 4.99. The molecule has 2 aromatic rings. The van der Waals surface area contributed by atoms with Crippen LogP contribution in [0.25, 0.3) is 0 Å². The van der Waals surface area contributed by atoms with Gasteiger partial charge in [-0.15, -0.1) is 0 Å². The Morgan fingerprint density at radius 1 is 1.17 bits per heavy atom. The molecule has 0 aliphatic carbocycles. The fourth-order valence-corrected chi connectivity index (χ4v) is 2.50. The van der Waals surface area contributed by atoms with Crippen molar-refractivity contribution in [1.82, 2.24) is 9.36 Å². The number of rotatable bonds is 6. The molecule has 0 spiro atoms. The molecule has 0 fully saturated rings. The van der Waals surface area contributed by atoms with E-state index >= 15 is 0 Å². The van der Waals surface area contributed by atoms with Gasteiger partial charge in [-0.05, 0) is 24.0 Å². The van der Waals surface area contributed by atoms with Gasteiger partial charge in [0.05, 0.1) is 0 Å². The fourth-order valence-electron chi connectivity index (χ4n) is 1.90. The number of nitrogens with one attached hydrogen (secondary N) is 1. The van der Waals surface area contributed by atoms with Gasteiger partial charge in [0.15, 0.2) is 0 Å². The molecule has 18 heavy (non-hydrogen) atoms. The number of hydrogen-bond donors (Lipinski definition) is 1. The molecule has 0 saturated heterocycles. The topological polar surface area (TPSA) is 37.8 Å². The second-order valence-electron chi connectivity index (χ2n) is 4.24. The lowest BCUT2D eigenvalue weighted by Gasteiger charge is -2.07. The smallest absolute Gasteiger partial charge is 0.202 e. The Morgan fingerprint density at radius 2 is 1.94 bits per heavy atom. The van der Waals surface area contributed by atoms with Crippen molar-refractivity contribution in [2.24, 2.45) is 0 Å². The zero-order valence-electron chi connectivity index (χ0n) is 10.9. The van der Waals surface area contributed by atoms with E-state index in [-0.39, 0.29) is 0 Å². The van der Waals surface area contributed by atoms with E-state index in [0.29, 0.717) is 0 Å². The highest BCUT2D eigenvalue weighted by Crippen LogP contribution is 2.15. The van der Waals surface area contributed by atoms with Crippen LogP contribution in [-0.4, -0.2) is 9.36 Å². The molecule has 0 radical (unpaired) electrons. The maximum absolute atomic E-state index is 4.47. The maximum atomic E-state index is 4.47. The lowest BCUT2D eigenvalue weighted by atomic mass is 10.1. The first kappa shape index (κ1) is 13.0. The molecule has 0 amide bonds. The fraction of sp³-hybridized carbons (Fsp3) is 0.429. The van der Waals surface area contributed by atoms with Crippen LogP contribution in [0.4, 0.5) is 5.13 Å². The predicted molar refractivity (Wildman–Crippen MR) is 77.1 cm³/mol. The van der Waals surface area contributed by atoms with Crippen molar-refractivity contribution in [2.45, 2.75) is 39.7 Å². The minimum Gasteiger partial charge on any atom is -0.356 e. The van der Waals surface area contributed by atoms with Crippen LogP contribution < -0.4 is 5.32 Å². The molecule has 1 aromatic heterocycles. The molecule has 0 unspecified atom stereocenters. The van der Waals surface area contributed by atoms with E-state index in [1.807, 2.05) is 0 Å². The second kappa shape index (κ2) is 6.50. The van der Waals surface area contributed by atoms with E-state index < -0.39 is 0 Å². The number of nitrogens with zero attached hydrogens (tertiary/aromatic N) is 2. The predicted octanol–water partition coefficient (Wildman–Crippen LogP) is 3.67. The summed E-state index contributed by atoms with van der Waals surface area (Å²) in [6.07, 6.45) is 3.12. The Bertz CT molecular complexity index is 493. The third-order valence-corrected chi connectivity index (χ3v) is 3.58. The van der Waals surface area contributed by atoms with E-state index in [4.69, 9.17) is 0 Å². The molecule has 2 rings (SSSR count). The number of aromatic nitrogens is 2. The largest absolute Gasteiger partial charge is 0.356 e. The molecule has 0 aliphatic rings. The minimum atomic E-state index is 0.824. The summed E-state index contributed by atoms with van der Waals surface area (Å²) >= 11 is 1.45. The summed E-state index contributed by atoms with van der Waals surface area (Å²) < 4.78 is 4.33. The molecule has 1 aromatic carbocycles. The van der Waals surface area contributed by atoms with Gasteiger partial charge in [0, 0.05) is 24.5 Å². The first-order valence-corrected chi connectivity index (χ1v) is 7.24. The molecule has 0 aliphatic heterocycles. The Morgan fingerprint density at radius 3 is 2.67 bits per heavy atom. The minimum absolute atomic E-state index is 0.824. The number of anilines is 1. The zero-order chi connectivity index (χ0) is 12.8. The molecule has 1 heterocycles. The standard InChI is InChI=1S/C14H19N3S/c1-3-7-13-16-14(18-17-13)15-10-12-9-6-5-8-11(12)4-2/h5-6,8-9H,3-4,7,10H2,1-2H3,(H,15,16,17). The molecule has 0 bridgehead atoms. The van der Waals surface area contributed by atoms with Crippen LogP contribution in [0.1, 0.15) is 37.2 Å². The van der Waals surface area contributed by atoms with Crippen LogP contribution >= 0.6 is 11.5 Å². The van der Waals surface area contributed by atoms with E-state index in [0.717, 1.165) is 36.8 Å². The third-order valence-electron chi connectivity index (χ3n) is 2.87. The monoisotopic (exact) mass is 261 g/mol. The summed E-state index contributed by atoms with van der Waals surface area (Å²) in [6, 6.07) is 8.52. The highest BCUT2D eigenvalue weighted by atomic mass is 32.1. The highest BCUT2D eigenvalue weighted by molar-refractivity contribution is 7.09. The Balaban J connectivity index is 1.97. The zero-order valence-corrected chi connectivity index (χ0v) is 11.8. The van der Waals surface area contributed by atoms with Gasteiger partial charge >= 0.3 is 0 Å². The molecule has 1 N–H and O–H groups in total. The summed E-state index contributed by atoms with van der Waals surface area (Å²) in [7, 11) is 0. The van der Waals surface area contributed by atoms with Gasteiger partial charge < -0.3 is 5.32 Å². The van der Waals surface area contributed by atoms with Gasteiger partial charge in [-0.25, -0.2) is 4.98 Å². The summed E-state index contributed by atoms with van der Waals surface area (Å²) in [5.41, 5.74) is 2.73. The average molecular weight is 261 g/mol. The average Bonchev–Trinajstić information content (AvgIpc) is 2.85. The van der Waals surface area contributed by atoms with Crippen LogP contribution in [-0.2, 0) is 19.4 Å². The van der Waals surface area contributed by atoms with Gasteiger partial charge in [0.25, 0.3) is 0 Å². The van der Waals surface area contributed by atoms with Crippen LogP contribution in [0.15, 0.2) is 24.3 Å². The molecule has 3 nitrogen and oxygen atoms in total. The summed E-state index contributed by atoms with van der Waals surface area (Å²) in [6.45, 7) is 5.15. The Hall–Kier alpha value is -1.42. The van der Waals surface area contributed by atoms with Gasteiger partial charge in [-0.3, -0.25) is 0 Å². The summed E-state index contributed by atoms with van der Waals surface area (Å²) in [4.78, 5) is 4.47. The molecule has 0 atom stereocenters. The summed E-state index contributed by atoms with van der Waals surface area (Å²) in [5.74, 6) is 0.953. The van der Waals surface area contributed by atoms with Crippen LogP contribution in [0.5, 0.6) is 0 Å². The first-order valence-electron chi connectivity index (χ1n) is 6.46. The quantitative estimate of drug-likeness (QED) is 0.862. The molecule has 4 heteroatoms. The lowest BCUT2D eigenvalue weighted by Crippen LogP contribution is -2.02. The molecular weight excluding hydrogens is 242 g/mol. The first-order chi connectivity index (χ1) is 8.83. The van der Waals surface area contributed by atoms with Crippen molar-refractivity contribution >= 4 is 16.7 Å². The maximum Gasteiger partial charge on any atom is 0.202 e. The SMILES string of the molecule is CCCc1nsc(NCc2ccccc2CC)n1. The van der Waals surface area contributed by atoms with Gasteiger partial charge in [-0.2, -0.15) is 4.37 Å². The normalized spacial score (nSPS) is 10.6.